The summed E-state index contributed by atoms with van der Waals surface area (Å²) in [6.45, 7) is 5.49. The maximum absolute atomic E-state index is 12.5. The fourth-order valence-corrected chi connectivity index (χ4v) is 3.36. The van der Waals surface area contributed by atoms with Crippen molar-refractivity contribution in [2.24, 2.45) is 0 Å². The van der Waals surface area contributed by atoms with Crippen LogP contribution >= 0.6 is 11.6 Å². The van der Waals surface area contributed by atoms with Gasteiger partial charge in [-0.15, -0.1) is 0 Å². The number of carbonyl (C=O) groups is 1. The molecule has 1 fully saturated rings. The Hall–Kier alpha value is -2.04. The maximum Gasteiger partial charge on any atom is 0.260 e. The minimum absolute atomic E-state index is 0.00628. The van der Waals surface area contributed by atoms with Crippen LogP contribution in [0.2, 0.25) is 5.02 Å². The van der Waals surface area contributed by atoms with Gasteiger partial charge in [-0.1, -0.05) is 54.1 Å². The molecular formula is C20H23ClN2O2. The molecule has 0 aromatic heterocycles. The number of benzene rings is 2. The molecule has 4 nitrogen and oxygen atoms in total. The predicted octanol–water partition coefficient (Wildman–Crippen LogP) is 3.45. The number of nitrogens with zero attached hydrogens (tertiary/aromatic N) is 2. The highest BCUT2D eigenvalue weighted by Crippen LogP contribution is 2.23. The first kappa shape index (κ1) is 17.8. The molecule has 1 atom stereocenters. The number of halogens is 1. The number of hydrogen-bond acceptors (Lipinski definition) is 3. The van der Waals surface area contributed by atoms with Crippen LogP contribution in [0.15, 0.2) is 54.6 Å². The molecule has 0 radical (unpaired) electrons. The van der Waals surface area contributed by atoms with Gasteiger partial charge in [0.15, 0.2) is 6.61 Å². The second-order valence-corrected chi connectivity index (χ2v) is 6.78. The summed E-state index contributed by atoms with van der Waals surface area (Å²) < 4.78 is 5.59. The quantitative estimate of drug-likeness (QED) is 0.820. The van der Waals surface area contributed by atoms with Crippen molar-refractivity contribution in [1.29, 1.82) is 0 Å². The molecule has 132 valence electrons. The van der Waals surface area contributed by atoms with E-state index in [0.717, 1.165) is 26.2 Å². The zero-order valence-electron chi connectivity index (χ0n) is 14.4. The molecule has 1 saturated heterocycles. The van der Waals surface area contributed by atoms with E-state index in [9.17, 15) is 4.79 Å². The van der Waals surface area contributed by atoms with Crippen LogP contribution in [0.5, 0.6) is 5.75 Å². The number of ether oxygens (including phenoxy) is 1. The van der Waals surface area contributed by atoms with Gasteiger partial charge in [-0.3, -0.25) is 9.69 Å². The predicted molar refractivity (Wildman–Crippen MR) is 99.8 cm³/mol. The Morgan fingerprint density at radius 3 is 2.56 bits per heavy atom. The zero-order chi connectivity index (χ0) is 17.6. The van der Waals surface area contributed by atoms with Crippen molar-refractivity contribution in [1.82, 2.24) is 9.80 Å². The van der Waals surface area contributed by atoms with Gasteiger partial charge in [-0.2, -0.15) is 0 Å². The second-order valence-electron chi connectivity index (χ2n) is 6.38. The summed E-state index contributed by atoms with van der Waals surface area (Å²) in [5, 5.41) is 0.524. The third-order valence-corrected chi connectivity index (χ3v) is 4.78. The van der Waals surface area contributed by atoms with E-state index >= 15 is 0 Å². The zero-order valence-corrected chi connectivity index (χ0v) is 15.2. The van der Waals surface area contributed by atoms with Gasteiger partial charge >= 0.3 is 0 Å². The molecule has 0 spiro atoms. The number of rotatable bonds is 5. The first-order valence-corrected chi connectivity index (χ1v) is 8.94. The maximum atomic E-state index is 12.5. The monoisotopic (exact) mass is 358 g/mol. The van der Waals surface area contributed by atoms with Crippen LogP contribution in [0.25, 0.3) is 0 Å². The van der Waals surface area contributed by atoms with E-state index in [1.165, 1.54) is 5.56 Å². The van der Waals surface area contributed by atoms with E-state index < -0.39 is 0 Å². The molecule has 1 aliphatic rings. The summed E-state index contributed by atoms with van der Waals surface area (Å²) in [6, 6.07) is 17.8. The Labute approximate surface area is 154 Å². The van der Waals surface area contributed by atoms with Gasteiger partial charge in [-0.05, 0) is 24.6 Å². The molecule has 0 saturated carbocycles. The molecule has 0 bridgehead atoms. The molecule has 2 aromatic carbocycles. The van der Waals surface area contributed by atoms with E-state index in [0.29, 0.717) is 10.8 Å². The summed E-state index contributed by atoms with van der Waals surface area (Å²) in [7, 11) is 0. The van der Waals surface area contributed by atoms with Gasteiger partial charge in [0.25, 0.3) is 5.91 Å². The Kier molecular flexibility index (Phi) is 5.95. The average molecular weight is 359 g/mol. The van der Waals surface area contributed by atoms with E-state index in [1.54, 1.807) is 12.1 Å². The van der Waals surface area contributed by atoms with Crippen LogP contribution < -0.4 is 4.74 Å². The third kappa shape index (κ3) is 4.74. The van der Waals surface area contributed by atoms with Crippen LogP contribution in [0, 0.1) is 0 Å². The van der Waals surface area contributed by atoms with Crippen molar-refractivity contribution < 1.29 is 9.53 Å². The van der Waals surface area contributed by atoms with Crippen molar-refractivity contribution in [3.05, 3.63) is 65.2 Å². The van der Waals surface area contributed by atoms with Gasteiger partial charge in [0.1, 0.15) is 5.75 Å². The minimum atomic E-state index is 0.00628. The van der Waals surface area contributed by atoms with E-state index in [4.69, 9.17) is 16.3 Å². The molecule has 1 amide bonds. The summed E-state index contributed by atoms with van der Waals surface area (Å²) >= 11 is 6.06. The topological polar surface area (TPSA) is 32.8 Å². The van der Waals surface area contributed by atoms with Gasteiger partial charge in [0, 0.05) is 32.2 Å². The lowest BCUT2D eigenvalue weighted by Crippen LogP contribution is -2.54. The number of piperazine rings is 1. The number of hydrogen-bond donors (Lipinski definition) is 0. The van der Waals surface area contributed by atoms with Crippen molar-refractivity contribution in [3.63, 3.8) is 0 Å². The van der Waals surface area contributed by atoms with E-state index in [2.05, 4.69) is 36.1 Å². The van der Waals surface area contributed by atoms with Gasteiger partial charge in [0.2, 0.25) is 0 Å². The Bertz CT molecular complexity index is 708. The van der Waals surface area contributed by atoms with Crippen molar-refractivity contribution in [2.45, 2.75) is 19.5 Å². The van der Waals surface area contributed by atoms with Crippen LogP contribution in [0.4, 0.5) is 0 Å². The lowest BCUT2D eigenvalue weighted by molar-refractivity contribution is -0.138. The molecule has 0 aliphatic carbocycles. The fraction of sp³-hybridized carbons (Fsp3) is 0.350. The molecular weight excluding hydrogens is 336 g/mol. The van der Waals surface area contributed by atoms with E-state index in [-0.39, 0.29) is 18.6 Å². The molecule has 0 N–H and O–H groups in total. The SMILES string of the molecule is CC1CN(Cc2ccccc2)CCN1C(=O)COc1ccccc1Cl. The van der Waals surface area contributed by atoms with Crippen LogP contribution in [-0.4, -0.2) is 48.0 Å². The van der Waals surface area contributed by atoms with Crippen LogP contribution in [0.3, 0.4) is 0 Å². The number of carbonyl (C=O) groups excluding carboxylic acids is 1. The van der Waals surface area contributed by atoms with Gasteiger partial charge in [0.05, 0.1) is 5.02 Å². The van der Waals surface area contributed by atoms with E-state index in [1.807, 2.05) is 23.1 Å². The molecule has 3 rings (SSSR count). The second kappa shape index (κ2) is 8.37. The highest BCUT2D eigenvalue weighted by atomic mass is 35.5. The number of amides is 1. The first-order valence-electron chi connectivity index (χ1n) is 8.56. The summed E-state index contributed by atoms with van der Waals surface area (Å²) in [6.07, 6.45) is 0. The van der Waals surface area contributed by atoms with Crippen molar-refractivity contribution in [2.75, 3.05) is 26.2 Å². The molecule has 1 aliphatic heterocycles. The Morgan fingerprint density at radius 2 is 1.84 bits per heavy atom. The minimum Gasteiger partial charge on any atom is -0.482 e. The summed E-state index contributed by atoms with van der Waals surface area (Å²) in [5.74, 6) is 0.555. The standard InChI is InChI=1S/C20H23ClN2O2/c1-16-13-22(14-17-7-3-2-4-8-17)11-12-23(16)20(24)15-25-19-10-6-5-9-18(19)21/h2-10,16H,11-15H2,1H3. The van der Waals surface area contributed by atoms with Gasteiger partial charge < -0.3 is 9.64 Å². The van der Waals surface area contributed by atoms with Crippen LogP contribution in [0.1, 0.15) is 12.5 Å². The number of para-hydroxylation sites is 1. The Balaban J connectivity index is 1.51. The first-order chi connectivity index (χ1) is 12.1. The highest BCUT2D eigenvalue weighted by molar-refractivity contribution is 6.32. The third-order valence-electron chi connectivity index (χ3n) is 4.47. The molecule has 5 heteroatoms. The van der Waals surface area contributed by atoms with Crippen molar-refractivity contribution in [3.8, 4) is 5.75 Å². The largest absolute Gasteiger partial charge is 0.482 e. The molecule has 25 heavy (non-hydrogen) atoms. The van der Waals surface area contributed by atoms with Crippen molar-refractivity contribution >= 4 is 17.5 Å². The average Bonchev–Trinajstić information content (AvgIpc) is 2.62. The lowest BCUT2D eigenvalue weighted by atomic mass is 10.1. The molecule has 2 aromatic rings. The summed E-state index contributed by atoms with van der Waals surface area (Å²) in [5.41, 5.74) is 1.30. The Morgan fingerprint density at radius 1 is 1.12 bits per heavy atom. The molecule has 1 unspecified atom stereocenters. The smallest absolute Gasteiger partial charge is 0.260 e. The normalized spacial score (nSPS) is 18.2. The van der Waals surface area contributed by atoms with Gasteiger partial charge in [-0.25, -0.2) is 0 Å². The summed E-state index contributed by atoms with van der Waals surface area (Å²) in [4.78, 5) is 16.8. The lowest BCUT2D eigenvalue weighted by Gasteiger charge is -2.39. The van der Waals surface area contributed by atoms with Crippen LogP contribution in [-0.2, 0) is 11.3 Å². The highest BCUT2D eigenvalue weighted by Gasteiger charge is 2.27. The fourth-order valence-electron chi connectivity index (χ4n) is 3.17. The molecule has 1 heterocycles.